The number of hydrogen-bond acceptors (Lipinski definition) is 6. The first kappa shape index (κ1) is 21.1. The topological polar surface area (TPSA) is 98.1 Å². The molecule has 0 bridgehead atoms. The molecule has 7 heteroatoms. The first-order valence-electron chi connectivity index (χ1n) is 9.91. The average molecular weight is 407 g/mol. The molecule has 3 aromatic rings. The molecule has 0 radical (unpaired) electrons. The second-order valence-corrected chi connectivity index (χ2v) is 6.60. The first-order valence-corrected chi connectivity index (χ1v) is 9.91. The highest BCUT2D eigenvalue weighted by Crippen LogP contribution is 2.22. The number of nitrogens with zero attached hydrogens (tertiary/aromatic N) is 2. The van der Waals surface area contributed by atoms with Crippen molar-refractivity contribution in [2.45, 2.75) is 20.8 Å². The number of carbonyl (C=O) groups is 2. The quantitative estimate of drug-likeness (QED) is 0.601. The van der Waals surface area contributed by atoms with Gasteiger partial charge >= 0.3 is 5.97 Å². The molecule has 156 valence electrons. The van der Waals surface area contributed by atoms with Gasteiger partial charge in [-0.15, -0.1) is 0 Å². The third-order valence-electron chi connectivity index (χ3n) is 4.74. The van der Waals surface area contributed by atoms with Crippen molar-refractivity contribution in [3.63, 3.8) is 0 Å². The fourth-order valence-corrected chi connectivity index (χ4v) is 3.16. The molecule has 0 atom stereocenters. The molecule has 0 spiro atoms. The van der Waals surface area contributed by atoms with Crippen molar-refractivity contribution in [3.8, 4) is 0 Å². The zero-order valence-electron chi connectivity index (χ0n) is 17.3. The van der Waals surface area contributed by atoms with Crippen molar-refractivity contribution < 1.29 is 18.7 Å². The third kappa shape index (κ3) is 4.51. The number of benzene rings is 2. The van der Waals surface area contributed by atoms with Crippen LogP contribution in [0.5, 0.6) is 0 Å². The largest absolute Gasteiger partial charge is 0.462 e. The number of hydrogen-bond donors (Lipinski definition) is 1. The van der Waals surface area contributed by atoms with Crippen LogP contribution in [-0.4, -0.2) is 31.6 Å². The lowest BCUT2D eigenvalue weighted by Gasteiger charge is -2.21. The maximum absolute atomic E-state index is 12.0. The molecule has 2 N–H and O–H groups in total. The van der Waals surface area contributed by atoms with Crippen LogP contribution >= 0.6 is 0 Å². The number of fused-ring (bicyclic) bond motifs is 1. The molecule has 1 aromatic heterocycles. The number of esters is 1. The maximum atomic E-state index is 12.0. The standard InChI is InChI=1S/C23H25N3O4/c1-4-26(5-2)18-12-9-16-13-19(21(24)27)22(30-20(16)14-18)25-17-10-7-15(8-11-17)23(28)29-6-3/h7-14H,4-6H2,1-3H3,(H2,24,27). The van der Waals surface area contributed by atoms with E-state index in [-0.39, 0.29) is 11.1 Å². The molecule has 0 saturated carbocycles. The molecular formula is C23H25N3O4. The van der Waals surface area contributed by atoms with Crippen LogP contribution < -0.4 is 16.2 Å². The summed E-state index contributed by atoms with van der Waals surface area (Å²) in [5.41, 5.74) is 8.43. The first-order chi connectivity index (χ1) is 14.5. The lowest BCUT2D eigenvalue weighted by molar-refractivity contribution is 0.0526. The van der Waals surface area contributed by atoms with Crippen LogP contribution in [0.1, 0.15) is 41.5 Å². The summed E-state index contributed by atoms with van der Waals surface area (Å²) in [7, 11) is 0. The number of carbonyl (C=O) groups excluding carboxylic acids is 2. The number of rotatable bonds is 7. The maximum Gasteiger partial charge on any atom is 0.338 e. The van der Waals surface area contributed by atoms with Gasteiger partial charge in [0.1, 0.15) is 11.1 Å². The lowest BCUT2D eigenvalue weighted by Crippen LogP contribution is -2.22. The molecule has 7 nitrogen and oxygen atoms in total. The molecule has 0 saturated heterocycles. The molecule has 0 fully saturated rings. The van der Waals surface area contributed by atoms with Gasteiger partial charge in [0.25, 0.3) is 5.91 Å². The van der Waals surface area contributed by atoms with Crippen molar-refractivity contribution in [1.29, 1.82) is 0 Å². The van der Waals surface area contributed by atoms with E-state index >= 15 is 0 Å². The minimum absolute atomic E-state index is 0.121. The Morgan fingerprint density at radius 2 is 1.73 bits per heavy atom. The van der Waals surface area contributed by atoms with Crippen LogP contribution in [-0.2, 0) is 4.74 Å². The van der Waals surface area contributed by atoms with E-state index in [0.717, 1.165) is 24.2 Å². The summed E-state index contributed by atoms with van der Waals surface area (Å²) >= 11 is 0. The molecule has 1 amide bonds. The smallest absolute Gasteiger partial charge is 0.338 e. The summed E-state index contributed by atoms with van der Waals surface area (Å²) in [6, 6.07) is 14.0. The Bertz CT molecular complexity index is 1130. The van der Waals surface area contributed by atoms with Gasteiger partial charge in [-0.2, -0.15) is 0 Å². The Labute approximate surface area is 174 Å². The summed E-state index contributed by atoms with van der Waals surface area (Å²) in [4.78, 5) is 30.4. The normalized spacial score (nSPS) is 11.5. The van der Waals surface area contributed by atoms with Crippen molar-refractivity contribution in [2.24, 2.45) is 10.7 Å². The molecule has 0 aliphatic rings. The zero-order valence-corrected chi connectivity index (χ0v) is 17.3. The summed E-state index contributed by atoms with van der Waals surface area (Å²) in [6.45, 7) is 7.96. The summed E-state index contributed by atoms with van der Waals surface area (Å²) in [5, 5.41) is 0.760. The number of amides is 1. The molecular weight excluding hydrogens is 382 g/mol. The highest BCUT2D eigenvalue weighted by atomic mass is 16.5. The monoisotopic (exact) mass is 407 g/mol. The van der Waals surface area contributed by atoms with Crippen LogP contribution in [0.4, 0.5) is 11.4 Å². The van der Waals surface area contributed by atoms with Crippen molar-refractivity contribution in [1.82, 2.24) is 0 Å². The molecule has 2 aromatic carbocycles. The van der Waals surface area contributed by atoms with Gasteiger partial charge in [-0.05, 0) is 63.2 Å². The van der Waals surface area contributed by atoms with E-state index < -0.39 is 11.9 Å². The van der Waals surface area contributed by atoms with Gasteiger partial charge in [-0.1, -0.05) is 0 Å². The van der Waals surface area contributed by atoms with E-state index in [4.69, 9.17) is 14.9 Å². The number of nitrogens with two attached hydrogens (primary N) is 1. The molecule has 1 heterocycles. The number of ether oxygens (including phenoxy) is 1. The molecule has 3 rings (SSSR count). The lowest BCUT2D eigenvalue weighted by atomic mass is 10.1. The molecule has 0 unspecified atom stereocenters. The predicted octanol–water partition coefficient (Wildman–Crippen LogP) is 3.79. The van der Waals surface area contributed by atoms with Crippen LogP contribution in [0.15, 0.2) is 57.9 Å². The van der Waals surface area contributed by atoms with Crippen molar-refractivity contribution >= 4 is 34.2 Å². The summed E-state index contributed by atoms with van der Waals surface area (Å²) in [5.74, 6) is -1.03. The van der Waals surface area contributed by atoms with E-state index in [2.05, 4.69) is 23.7 Å². The highest BCUT2D eigenvalue weighted by molar-refractivity contribution is 5.96. The fourth-order valence-electron chi connectivity index (χ4n) is 3.16. The number of primary amides is 1. The van der Waals surface area contributed by atoms with E-state index in [1.54, 1.807) is 37.3 Å². The Balaban J connectivity index is 2.09. The van der Waals surface area contributed by atoms with Crippen LogP contribution in [0.2, 0.25) is 0 Å². The van der Waals surface area contributed by atoms with E-state index in [1.807, 2.05) is 18.2 Å². The summed E-state index contributed by atoms with van der Waals surface area (Å²) < 4.78 is 10.9. The molecule has 0 aliphatic carbocycles. The van der Waals surface area contributed by atoms with Crippen LogP contribution in [0.25, 0.3) is 11.0 Å². The predicted molar refractivity (Wildman–Crippen MR) is 116 cm³/mol. The van der Waals surface area contributed by atoms with E-state index in [9.17, 15) is 9.59 Å². The van der Waals surface area contributed by atoms with Crippen molar-refractivity contribution in [2.75, 3.05) is 24.6 Å². The average Bonchev–Trinajstić information content (AvgIpc) is 2.74. The van der Waals surface area contributed by atoms with Crippen LogP contribution in [0, 0.1) is 0 Å². The van der Waals surface area contributed by atoms with Gasteiger partial charge in [0.15, 0.2) is 0 Å². The molecule has 0 aliphatic heterocycles. The van der Waals surface area contributed by atoms with Crippen LogP contribution in [0.3, 0.4) is 0 Å². The second kappa shape index (κ2) is 9.26. The van der Waals surface area contributed by atoms with E-state index in [0.29, 0.717) is 23.4 Å². The molecule has 30 heavy (non-hydrogen) atoms. The van der Waals surface area contributed by atoms with Gasteiger partial charge in [-0.25, -0.2) is 9.79 Å². The van der Waals surface area contributed by atoms with Gasteiger partial charge in [0.2, 0.25) is 5.55 Å². The Morgan fingerprint density at radius 3 is 2.33 bits per heavy atom. The third-order valence-corrected chi connectivity index (χ3v) is 4.74. The fraction of sp³-hybridized carbons (Fsp3) is 0.261. The minimum Gasteiger partial charge on any atom is -0.462 e. The Morgan fingerprint density at radius 1 is 1.03 bits per heavy atom. The summed E-state index contributed by atoms with van der Waals surface area (Å²) in [6.07, 6.45) is 0. The number of anilines is 1. The SMILES string of the molecule is CCOC(=O)c1ccc(N=c2oc3cc(N(CC)CC)ccc3cc2C(N)=O)cc1. The van der Waals surface area contributed by atoms with E-state index in [1.165, 1.54) is 0 Å². The van der Waals surface area contributed by atoms with Gasteiger partial charge in [0, 0.05) is 30.2 Å². The minimum atomic E-state index is -0.629. The van der Waals surface area contributed by atoms with Gasteiger partial charge in [0.05, 0.1) is 17.9 Å². The zero-order chi connectivity index (χ0) is 21.7. The Hall–Kier alpha value is -3.61. The van der Waals surface area contributed by atoms with Gasteiger partial charge in [-0.3, -0.25) is 4.79 Å². The highest BCUT2D eigenvalue weighted by Gasteiger charge is 2.12. The van der Waals surface area contributed by atoms with Gasteiger partial charge < -0.3 is 19.8 Å². The van der Waals surface area contributed by atoms with Crippen molar-refractivity contribution in [3.05, 3.63) is 65.2 Å². The second-order valence-electron chi connectivity index (χ2n) is 6.60. The Kier molecular flexibility index (Phi) is 6.51.